The van der Waals surface area contributed by atoms with Crippen LogP contribution < -0.4 is 5.32 Å². The molecule has 0 aliphatic heterocycles. The van der Waals surface area contributed by atoms with E-state index < -0.39 is 18.0 Å². The SMILES string of the molecule is CCc1nn(CC)c(-c2ccc(N[C@H](C)C(F)(F)F)cc2F)c1Cl.O=C=O. The Morgan fingerprint density at radius 3 is 2.33 bits per heavy atom. The van der Waals surface area contributed by atoms with Gasteiger partial charge in [-0.15, -0.1) is 0 Å². The molecule has 0 saturated heterocycles. The van der Waals surface area contributed by atoms with Crippen LogP contribution in [0.2, 0.25) is 5.02 Å². The lowest BCUT2D eigenvalue weighted by molar-refractivity contribution is -0.191. The van der Waals surface area contributed by atoms with Gasteiger partial charge in [0.25, 0.3) is 0 Å². The molecule has 0 spiro atoms. The Balaban J connectivity index is 0.00000114. The first-order chi connectivity index (χ1) is 12.6. The highest BCUT2D eigenvalue weighted by molar-refractivity contribution is 6.33. The zero-order valence-electron chi connectivity index (χ0n) is 14.8. The van der Waals surface area contributed by atoms with Crippen molar-refractivity contribution in [2.45, 2.75) is 46.0 Å². The van der Waals surface area contributed by atoms with Crippen molar-refractivity contribution in [2.75, 3.05) is 5.32 Å². The lowest BCUT2D eigenvalue weighted by Gasteiger charge is -2.18. The minimum Gasteiger partial charge on any atom is -0.374 e. The van der Waals surface area contributed by atoms with Gasteiger partial charge in [0.15, 0.2) is 0 Å². The molecule has 0 aliphatic rings. The molecule has 1 N–H and O–H groups in total. The van der Waals surface area contributed by atoms with Gasteiger partial charge >= 0.3 is 12.3 Å². The van der Waals surface area contributed by atoms with E-state index in [0.29, 0.717) is 29.4 Å². The van der Waals surface area contributed by atoms with E-state index in [1.807, 2.05) is 13.8 Å². The molecule has 1 heterocycles. The average molecular weight is 408 g/mol. The van der Waals surface area contributed by atoms with Gasteiger partial charge in [-0.2, -0.15) is 27.9 Å². The van der Waals surface area contributed by atoms with Crippen LogP contribution in [0.25, 0.3) is 11.3 Å². The van der Waals surface area contributed by atoms with Crippen LogP contribution in [0.3, 0.4) is 0 Å². The molecule has 148 valence electrons. The molecule has 27 heavy (non-hydrogen) atoms. The smallest absolute Gasteiger partial charge is 0.374 e. The number of nitrogens with one attached hydrogen (secondary N) is 1. The Hall–Kier alpha value is -2.38. The quantitative estimate of drug-likeness (QED) is 0.729. The van der Waals surface area contributed by atoms with E-state index >= 15 is 0 Å². The second-order valence-electron chi connectivity index (χ2n) is 5.46. The van der Waals surface area contributed by atoms with Crippen LogP contribution in [0.15, 0.2) is 18.2 Å². The fourth-order valence-corrected chi connectivity index (χ4v) is 2.70. The number of alkyl halides is 3. The van der Waals surface area contributed by atoms with Crippen LogP contribution in [-0.4, -0.2) is 28.2 Å². The zero-order valence-corrected chi connectivity index (χ0v) is 15.6. The van der Waals surface area contributed by atoms with Gasteiger partial charge in [-0.3, -0.25) is 4.68 Å². The van der Waals surface area contributed by atoms with Crippen LogP contribution in [-0.2, 0) is 22.6 Å². The van der Waals surface area contributed by atoms with Gasteiger partial charge in [0, 0.05) is 17.8 Å². The van der Waals surface area contributed by atoms with E-state index in [2.05, 4.69) is 10.4 Å². The number of rotatable bonds is 5. The molecule has 5 nitrogen and oxygen atoms in total. The highest BCUT2D eigenvalue weighted by Gasteiger charge is 2.36. The summed E-state index contributed by atoms with van der Waals surface area (Å²) >= 11 is 6.28. The molecule has 0 aliphatic carbocycles. The van der Waals surface area contributed by atoms with Crippen LogP contribution in [0.5, 0.6) is 0 Å². The number of aromatic nitrogens is 2. The Morgan fingerprint density at radius 2 is 1.89 bits per heavy atom. The highest BCUT2D eigenvalue weighted by Crippen LogP contribution is 2.34. The molecule has 1 aromatic heterocycles. The first kappa shape index (κ1) is 22.7. The summed E-state index contributed by atoms with van der Waals surface area (Å²) in [7, 11) is 0. The van der Waals surface area contributed by atoms with Crippen molar-refractivity contribution in [2.24, 2.45) is 0 Å². The number of benzene rings is 1. The van der Waals surface area contributed by atoms with Crippen LogP contribution in [0, 0.1) is 5.82 Å². The molecular formula is C17H18ClF4N3O2. The summed E-state index contributed by atoms with van der Waals surface area (Å²) in [4.78, 5) is 16.2. The zero-order chi connectivity index (χ0) is 20.8. The number of hydrogen-bond donors (Lipinski definition) is 1. The molecule has 1 atom stereocenters. The second-order valence-corrected chi connectivity index (χ2v) is 5.84. The summed E-state index contributed by atoms with van der Waals surface area (Å²) in [6.45, 7) is 5.22. The fraction of sp³-hybridized carbons (Fsp3) is 0.412. The maximum Gasteiger partial charge on any atom is 0.408 e. The summed E-state index contributed by atoms with van der Waals surface area (Å²) in [6, 6.07) is 2.07. The van der Waals surface area contributed by atoms with Gasteiger partial charge in [-0.05, 0) is 38.5 Å². The third kappa shape index (κ3) is 5.55. The minimum atomic E-state index is -4.41. The molecule has 2 aromatic rings. The lowest BCUT2D eigenvalue weighted by atomic mass is 10.1. The first-order valence-corrected chi connectivity index (χ1v) is 8.36. The van der Waals surface area contributed by atoms with Gasteiger partial charge in [-0.25, -0.2) is 4.39 Å². The summed E-state index contributed by atoms with van der Waals surface area (Å²) in [5.74, 6) is -0.659. The van der Waals surface area contributed by atoms with E-state index in [1.54, 1.807) is 4.68 Å². The predicted molar refractivity (Wildman–Crippen MR) is 91.8 cm³/mol. The number of aryl methyl sites for hydroxylation is 2. The van der Waals surface area contributed by atoms with Crippen LogP contribution in [0.1, 0.15) is 26.5 Å². The molecule has 0 radical (unpaired) electrons. The normalized spacial score (nSPS) is 12.0. The third-order valence-electron chi connectivity index (χ3n) is 3.69. The monoisotopic (exact) mass is 407 g/mol. The van der Waals surface area contributed by atoms with Gasteiger partial charge in [0.2, 0.25) is 0 Å². The number of hydrogen-bond acceptors (Lipinski definition) is 4. The molecular weight excluding hydrogens is 390 g/mol. The van der Waals surface area contributed by atoms with E-state index in [4.69, 9.17) is 21.2 Å². The van der Waals surface area contributed by atoms with Crippen molar-refractivity contribution < 1.29 is 27.2 Å². The van der Waals surface area contributed by atoms with E-state index in [0.717, 1.165) is 13.0 Å². The first-order valence-electron chi connectivity index (χ1n) is 7.98. The lowest BCUT2D eigenvalue weighted by Crippen LogP contribution is -2.33. The number of carbonyl (C=O) groups excluding carboxylic acids is 2. The molecule has 0 fully saturated rings. The van der Waals surface area contributed by atoms with Crippen LogP contribution in [0.4, 0.5) is 23.2 Å². The van der Waals surface area contributed by atoms with Crippen molar-refractivity contribution in [1.82, 2.24) is 9.78 Å². The van der Waals surface area contributed by atoms with Gasteiger partial charge in [-0.1, -0.05) is 18.5 Å². The maximum atomic E-state index is 14.5. The fourth-order valence-electron chi connectivity index (χ4n) is 2.33. The van der Waals surface area contributed by atoms with Gasteiger partial charge in [0.1, 0.15) is 11.9 Å². The summed E-state index contributed by atoms with van der Waals surface area (Å²) in [5.41, 5.74) is 1.35. The van der Waals surface area contributed by atoms with E-state index in [1.165, 1.54) is 12.1 Å². The molecule has 0 amide bonds. The third-order valence-corrected chi connectivity index (χ3v) is 4.09. The second kappa shape index (κ2) is 9.53. The standard InChI is InChI=1S/C16H18ClF4N3.CO2/c1-4-13-14(17)15(24(5-2)23-13)11-7-6-10(8-12(11)18)22-9(3)16(19,20)21;2-1-3/h6-9,22H,4-5H2,1-3H3;/t9-;/m1./s1. The van der Waals surface area contributed by atoms with Gasteiger partial charge in [0.05, 0.1) is 16.4 Å². The largest absolute Gasteiger partial charge is 0.408 e. The highest BCUT2D eigenvalue weighted by atomic mass is 35.5. The van der Waals surface area contributed by atoms with Crippen molar-refractivity contribution in [1.29, 1.82) is 0 Å². The van der Waals surface area contributed by atoms with E-state index in [9.17, 15) is 17.6 Å². The van der Waals surface area contributed by atoms with Crippen molar-refractivity contribution >= 4 is 23.4 Å². The number of nitrogens with zero attached hydrogens (tertiary/aromatic N) is 2. The Kier molecular flexibility index (Phi) is 7.99. The molecule has 10 heteroatoms. The van der Waals surface area contributed by atoms with Crippen LogP contribution >= 0.6 is 11.6 Å². The molecule has 1 aromatic carbocycles. The number of anilines is 1. The summed E-state index contributed by atoms with van der Waals surface area (Å²) in [6.07, 6.45) is -3.56. The molecule has 0 bridgehead atoms. The number of halogens is 5. The predicted octanol–water partition coefficient (Wildman–Crippen LogP) is 4.70. The average Bonchev–Trinajstić information content (AvgIpc) is 2.91. The Labute approximate surface area is 158 Å². The van der Waals surface area contributed by atoms with Crippen molar-refractivity contribution in [3.63, 3.8) is 0 Å². The van der Waals surface area contributed by atoms with E-state index in [-0.39, 0.29) is 17.4 Å². The van der Waals surface area contributed by atoms with Crippen molar-refractivity contribution in [3.05, 3.63) is 34.7 Å². The summed E-state index contributed by atoms with van der Waals surface area (Å²) < 4.78 is 53.8. The Morgan fingerprint density at radius 1 is 1.30 bits per heavy atom. The van der Waals surface area contributed by atoms with Gasteiger partial charge < -0.3 is 5.32 Å². The maximum absolute atomic E-state index is 14.5. The molecule has 2 rings (SSSR count). The topological polar surface area (TPSA) is 64.0 Å². The molecule has 0 saturated carbocycles. The summed E-state index contributed by atoms with van der Waals surface area (Å²) in [5, 5.41) is 6.93. The van der Waals surface area contributed by atoms with Crippen molar-refractivity contribution in [3.8, 4) is 11.3 Å². The molecule has 0 unspecified atom stereocenters. The minimum absolute atomic E-state index is 0.0514. The Bertz CT molecular complexity index is 815.